The number of aromatic hydroxyl groups is 1. The van der Waals surface area contributed by atoms with Crippen LogP contribution >= 0.6 is 0 Å². The Labute approximate surface area is 205 Å². The van der Waals surface area contributed by atoms with Crippen LogP contribution < -0.4 is 10.9 Å². The topological polar surface area (TPSA) is 108 Å². The summed E-state index contributed by atoms with van der Waals surface area (Å²) in [4.78, 5) is 32.7. The molecule has 3 N–H and O–H groups in total. The van der Waals surface area contributed by atoms with Crippen molar-refractivity contribution >= 4 is 5.91 Å². The zero-order valence-corrected chi connectivity index (χ0v) is 19.2. The van der Waals surface area contributed by atoms with Crippen molar-refractivity contribution in [2.75, 3.05) is 20.0 Å². The fourth-order valence-corrected chi connectivity index (χ4v) is 3.64. The molecule has 1 aromatic heterocycles. The van der Waals surface area contributed by atoms with E-state index in [4.69, 9.17) is 4.74 Å². The number of carbonyl (C=O) groups excluding carboxylic acids is 1. The molecule has 0 spiro atoms. The molecular weight excluding hydrogens is 470 g/mol. The summed E-state index contributed by atoms with van der Waals surface area (Å²) in [6.45, 7) is 1.29. The molecule has 186 valence electrons. The first-order chi connectivity index (χ1) is 17.4. The van der Waals surface area contributed by atoms with Gasteiger partial charge in [0.1, 0.15) is 19.2 Å². The van der Waals surface area contributed by atoms with E-state index in [0.29, 0.717) is 19.0 Å². The molecule has 36 heavy (non-hydrogen) atoms. The molecule has 1 aliphatic heterocycles. The van der Waals surface area contributed by atoms with Gasteiger partial charge in [-0.3, -0.25) is 14.5 Å². The van der Waals surface area contributed by atoms with Crippen molar-refractivity contribution in [3.8, 4) is 17.6 Å². The second kappa shape index (κ2) is 11.6. The summed E-state index contributed by atoms with van der Waals surface area (Å²) in [5.41, 5.74) is 2.48. The molecule has 8 nitrogen and oxygen atoms in total. The van der Waals surface area contributed by atoms with E-state index in [2.05, 4.69) is 32.0 Å². The van der Waals surface area contributed by atoms with Crippen LogP contribution in [-0.4, -0.2) is 52.3 Å². The summed E-state index contributed by atoms with van der Waals surface area (Å²) in [5, 5.41) is 12.2. The van der Waals surface area contributed by atoms with Gasteiger partial charge in [0, 0.05) is 17.7 Å². The lowest BCUT2D eigenvalue weighted by atomic mass is 9.94. The van der Waals surface area contributed by atoms with Gasteiger partial charge in [-0.25, -0.2) is 13.8 Å². The van der Waals surface area contributed by atoms with Gasteiger partial charge >= 0.3 is 0 Å². The Morgan fingerprint density at radius 2 is 1.69 bits per heavy atom. The van der Waals surface area contributed by atoms with Gasteiger partial charge in [0.05, 0.1) is 18.8 Å². The van der Waals surface area contributed by atoms with E-state index >= 15 is 0 Å². The summed E-state index contributed by atoms with van der Waals surface area (Å²) in [5.74, 6) is 3.58. The smallest absolute Gasteiger partial charge is 0.293 e. The van der Waals surface area contributed by atoms with Crippen molar-refractivity contribution < 1.29 is 23.4 Å². The third-order valence-corrected chi connectivity index (χ3v) is 5.59. The number of nitrogens with zero attached hydrogens (tertiary/aromatic N) is 2. The molecular formula is C26H24F2N4O4. The number of halogens is 2. The summed E-state index contributed by atoms with van der Waals surface area (Å²) in [6, 6.07) is 15.0. The standard InChI is InChI=1S/C26H24F2N4O4/c27-22(28)12-29-25(34)21(23-24(33)26(35)31-14-30-23)11-19-7-3-17(4-8-19)1-2-18-5-9-20(10-6-18)13-32-15-36-16-32/h3-10,14,21-22,33H,11-13,15-16H2,(H,29,34)(H,30,31,35). The van der Waals surface area contributed by atoms with Crippen LogP contribution in [0, 0.1) is 11.8 Å². The van der Waals surface area contributed by atoms with Gasteiger partial charge in [0.25, 0.3) is 12.0 Å². The lowest BCUT2D eigenvalue weighted by Gasteiger charge is -2.30. The molecule has 10 heteroatoms. The van der Waals surface area contributed by atoms with Crippen molar-refractivity contribution in [1.29, 1.82) is 0 Å². The Morgan fingerprint density at radius 1 is 1.08 bits per heavy atom. The number of aromatic nitrogens is 2. The average Bonchev–Trinajstić information content (AvgIpc) is 2.85. The first kappa shape index (κ1) is 25.0. The molecule has 0 radical (unpaired) electrons. The lowest BCUT2D eigenvalue weighted by Crippen LogP contribution is -2.38. The number of carbonyl (C=O) groups is 1. The van der Waals surface area contributed by atoms with E-state index in [9.17, 15) is 23.5 Å². The third-order valence-electron chi connectivity index (χ3n) is 5.59. The minimum absolute atomic E-state index is 0.0380. The fraction of sp³-hybridized carbons (Fsp3) is 0.269. The molecule has 2 heterocycles. The highest BCUT2D eigenvalue weighted by Gasteiger charge is 2.27. The summed E-state index contributed by atoms with van der Waals surface area (Å²) < 4.78 is 30.3. The van der Waals surface area contributed by atoms with Crippen molar-refractivity contribution in [3.63, 3.8) is 0 Å². The Balaban J connectivity index is 1.45. The van der Waals surface area contributed by atoms with Crippen molar-refractivity contribution in [1.82, 2.24) is 20.2 Å². The largest absolute Gasteiger partial charge is 0.502 e. The predicted molar refractivity (Wildman–Crippen MR) is 127 cm³/mol. The molecule has 1 fully saturated rings. The molecule has 1 amide bonds. The molecule has 0 saturated carbocycles. The van der Waals surface area contributed by atoms with E-state index in [1.165, 1.54) is 5.56 Å². The second-order valence-electron chi connectivity index (χ2n) is 8.29. The van der Waals surface area contributed by atoms with Gasteiger partial charge in [0.2, 0.25) is 11.7 Å². The molecule has 4 rings (SSSR count). The highest BCUT2D eigenvalue weighted by Crippen LogP contribution is 2.24. The monoisotopic (exact) mass is 494 g/mol. The molecule has 1 unspecified atom stereocenters. The quantitative estimate of drug-likeness (QED) is 0.415. The van der Waals surface area contributed by atoms with Crippen LogP contribution in [0.15, 0.2) is 59.7 Å². The Bertz CT molecular complexity index is 1310. The maximum atomic E-state index is 12.6. The molecule has 0 aliphatic carbocycles. The number of H-pyrrole nitrogens is 1. The number of hydrogen-bond donors (Lipinski definition) is 3. The van der Waals surface area contributed by atoms with Crippen LogP contribution in [0.5, 0.6) is 5.75 Å². The molecule has 1 saturated heterocycles. The summed E-state index contributed by atoms with van der Waals surface area (Å²) >= 11 is 0. The summed E-state index contributed by atoms with van der Waals surface area (Å²) in [6.07, 6.45) is -1.65. The number of benzene rings is 2. The van der Waals surface area contributed by atoms with Gasteiger partial charge < -0.3 is 20.1 Å². The van der Waals surface area contributed by atoms with Crippen LogP contribution in [0.25, 0.3) is 0 Å². The van der Waals surface area contributed by atoms with Gasteiger partial charge in [-0.05, 0) is 41.8 Å². The zero-order valence-electron chi connectivity index (χ0n) is 19.2. The van der Waals surface area contributed by atoms with E-state index in [1.54, 1.807) is 24.3 Å². The van der Waals surface area contributed by atoms with Crippen molar-refractivity contribution in [3.05, 3.63) is 93.2 Å². The highest BCUT2D eigenvalue weighted by molar-refractivity contribution is 5.84. The number of rotatable bonds is 8. The van der Waals surface area contributed by atoms with Gasteiger partial charge in [-0.2, -0.15) is 0 Å². The molecule has 3 aromatic rings. The molecule has 2 aromatic carbocycles. The van der Waals surface area contributed by atoms with E-state index < -0.39 is 36.1 Å². The SMILES string of the molecule is O=C(NCC(F)F)C(Cc1ccc(C#Cc2ccc(CN3COC3)cc2)cc1)c1nc[nH]c(=O)c1O. The van der Waals surface area contributed by atoms with Gasteiger partial charge in [0.15, 0.2) is 0 Å². The predicted octanol–water partition coefficient (Wildman–Crippen LogP) is 2.33. The number of aromatic amines is 1. The van der Waals surface area contributed by atoms with Crippen molar-refractivity contribution in [2.45, 2.75) is 25.3 Å². The Morgan fingerprint density at radius 3 is 2.25 bits per heavy atom. The Kier molecular flexibility index (Phi) is 8.05. The number of hydrogen-bond acceptors (Lipinski definition) is 6. The van der Waals surface area contributed by atoms with Crippen LogP contribution in [0.3, 0.4) is 0 Å². The third kappa shape index (κ3) is 6.53. The van der Waals surface area contributed by atoms with Crippen LogP contribution in [0.1, 0.15) is 33.9 Å². The van der Waals surface area contributed by atoms with Crippen LogP contribution in [-0.2, 0) is 22.5 Å². The number of amides is 1. The van der Waals surface area contributed by atoms with Crippen molar-refractivity contribution in [2.24, 2.45) is 0 Å². The highest BCUT2D eigenvalue weighted by atomic mass is 19.3. The van der Waals surface area contributed by atoms with Gasteiger partial charge in [-0.15, -0.1) is 0 Å². The Hall–Kier alpha value is -4.07. The average molecular weight is 494 g/mol. The van der Waals surface area contributed by atoms with E-state index in [-0.39, 0.29) is 12.1 Å². The van der Waals surface area contributed by atoms with Crippen LogP contribution in [0.2, 0.25) is 0 Å². The van der Waals surface area contributed by atoms with E-state index in [0.717, 1.165) is 24.0 Å². The summed E-state index contributed by atoms with van der Waals surface area (Å²) in [7, 11) is 0. The maximum Gasteiger partial charge on any atom is 0.293 e. The maximum absolute atomic E-state index is 12.6. The lowest BCUT2D eigenvalue weighted by molar-refractivity contribution is -0.149. The minimum atomic E-state index is -2.74. The first-order valence-corrected chi connectivity index (χ1v) is 11.2. The number of nitrogens with one attached hydrogen (secondary N) is 2. The second-order valence-corrected chi connectivity index (χ2v) is 8.29. The molecule has 1 aliphatic rings. The number of ether oxygens (including phenoxy) is 1. The normalized spacial score (nSPS) is 14.0. The zero-order chi connectivity index (χ0) is 25.5. The molecule has 1 atom stereocenters. The van der Waals surface area contributed by atoms with Gasteiger partial charge in [-0.1, -0.05) is 36.1 Å². The van der Waals surface area contributed by atoms with Crippen LogP contribution in [0.4, 0.5) is 8.78 Å². The number of alkyl halides is 2. The van der Waals surface area contributed by atoms with E-state index in [1.807, 2.05) is 24.3 Å². The first-order valence-electron chi connectivity index (χ1n) is 11.2. The molecule has 0 bridgehead atoms. The minimum Gasteiger partial charge on any atom is -0.502 e. The fourth-order valence-electron chi connectivity index (χ4n) is 3.64.